The molecule has 1 aliphatic carbocycles. The summed E-state index contributed by atoms with van der Waals surface area (Å²) in [5.74, 6) is -0.248. The number of nitrogens with one attached hydrogen (secondary N) is 1. The van der Waals surface area contributed by atoms with Crippen LogP contribution in [0.3, 0.4) is 0 Å². The van der Waals surface area contributed by atoms with Crippen LogP contribution in [-0.4, -0.2) is 24.1 Å². The molecule has 4 nitrogen and oxygen atoms in total. The van der Waals surface area contributed by atoms with Gasteiger partial charge >= 0.3 is 5.97 Å². The quantitative estimate of drug-likeness (QED) is 0.867. The normalized spacial score (nSPS) is 18.2. The molecule has 0 radical (unpaired) electrons. The van der Waals surface area contributed by atoms with Gasteiger partial charge in [0.1, 0.15) is 6.04 Å². The van der Waals surface area contributed by atoms with E-state index < -0.39 is 6.04 Å². The first kappa shape index (κ1) is 15.4. The summed E-state index contributed by atoms with van der Waals surface area (Å²) < 4.78 is 4.94. The van der Waals surface area contributed by atoms with Gasteiger partial charge in [-0.15, -0.1) is 11.3 Å². The maximum atomic E-state index is 12.0. The Morgan fingerprint density at radius 1 is 1.45 bits per heavy atom. The van der Waals surface area contributed by atoms with E-state index in [4.69, 9.17) is 4.74 Å². The van der Waals surface area contributed by atoms with Crippen LogP contribution in [-0.2, 0) is 14.9 Å². The molecule has 0 amide bonds. The Morgan fingerprint density at radius 2 is 2.10 bits per heavy atom. The summed E-state index contributed by atoms with van der Waals surface area (Å²) in [5.41, 5.74) is 0.801. The fourth-order valence-corrected chi connectivity index (χ4v) is 3.42. The lowest BCUT2D eigenvalue weighted by molar-refractivity contribution is -0.143. The second kappa shape index (κ2) is 6.22. The number of esters is 1. The maximum absolute atomic E-state index is 12.0. The van der Waals surface area contributed by atoms with Crippen molar-refractivity contribution in [1.82, 2.24) is 10.3 Å². The van der Waals surface area contributed by atoms with Crippen molar-refractivity contribution < 1.29 is 9.53 Å². The average molecular weight is 296 g/mol. The highest BCUT2D eigenvalue weighted by Crippen LogP contribution is 2.29. The number of nitrogens with zero attached hydrogens (tertiary/aromatic N) is 1. The third-order valence-corrected chi connectivity index (χ3v) is 4.94. The van der Waals surface area contributed by atoms with E-state index >= 15 is 0 Å². The van der Waals surface area contributed by atoms with Crippen molar-refractivity contribution in [3.05, 3.63) is 16.1 Å². The summed E-state index contributed by atoms with van der Waals surface area (Å²) >= 11 is 1.61. The van der Waals surface area contributed by atoms with Crippen LogP contribution in [0.2, 0.25) is 0 Å². The molecule has 1 atom stereocenters. The lowest BCUT2D eigenvalue weighted by Gasteiger charge is -2.20. The van der Waals surface area contributed by atoms with E-state index in [9.17, 15) is 4.79 Å². The van der Waals surface area contributed by atoms with Crippen LogP contribution in [0.1, 0.15) is 63.2 Å². The molecule has 1 heterocycles. The molecular weight excluding hydrogens is 272 g/mol. The third kappa shape index (κ3) is 3.58. The van der Waals surface area contributed by atoms with E-state index in [-0.39, 0.29) is 11.4 Å². The Kier molecular flexibility index (Phi) is 4.81. The smallest absolute Gasteiger partial charge is 0.329 e. The zero-order valence-electron chi connectivity index (χ0n) is 12.7. The number of rotatable bonds is 4. The minimum atomic E-state index is -0.435. The van der Waals surface area contributed by atoms with Crippen LogP contribution < -0.4 is 5.32 Å². The second-order valence-electron chi connectivity index (χ2n) is 6.43. The topological polar surface area (TPSA) is 51.2 Å². The number of hydrogen-bond donors (Lipinski definition) is 1. The van der Waals surface area contributed by atoms with E-state index in [0.29, 0.717) is 6.04 Å². The first-order valence-corrected chi connectivity index (χ1v) is 8.09. The molecule has 2 rings (SSSR count). The summed E-state index contributed by atoms with van der Waals surface area (Å²) in [7, 11) is 1.43. The van der Waals surface area contributed by atoms with Crippen LogP contribution in [0.25, 0.3) is 0 Å². The molecule has 1 saturated carbocycles. The van der Waals surface area contributed by atoms with Gasteiger partial charge in [0.15, 0.2) is 0 Å². The van der Waals surface area contributed by atoms with E-state index in [1.807, 2.05) is 5.38 Å². The van der Waals surface area contributed by atoms with E-state index in [1.165, 1.54) is 20.0 Å². The Labute approximate surface area is 124 Å². The summed E-state index contributed by atoms with van der Waals surface area (Å²) in [5, 5.41) is 6.44. The Morgan fingerprint density at radius 3 is 2.60 bits per heavy atom. The van der Waals surface area contributed by atoms with Gasteiger partial charge in [0.2, 0.25) is 0 Å². The standard InChI is InChI=1S/C15H24N2O2S/c1-15(2,3)14-17-11(9-20-14)12(13(18)19-4)16-10-7-5-6-8-10/h9-10,12,16H,5-8H2,1-4H3. The molecule has 1 aromatic heterocycles. The molecule has 1 unspecified atom stereocenters. The van der Waals surface area contributed by atoms with Gasteiger partial charge in [0.05, 0.1) is 17.8 Å². The predicted octanol–water partition coefficient (Wildman–Crippen LogP) is 3.19. The van der Waals surface area contributed by atoms with Crippen molar-refractivity contribution in [1.29, 1.82) is 0 Å². The molecule has 0 aromatic carbocycles. The van der Waals surface area contributed by atoms with Gasteiger partial charge < -0.3 is 4.74 Å². The van der Waals surface area contributed by atoms with Gasteiger partial charge in [-0.05, 0) is 12.8 Å². The lowest BCUT2D eigenvalue weighted by atomic mass is 9.98. The van der Waals surface area contributed by atoms with Crippen LogP contribution >= 0.6 is 11.3 Å². The van der Waals surface area contributed by atoms with E-state index in [2.05, 4.69) is 31.1 Å². The Bertz CT molecular complexity index is 459. The monoisotopic (exact) mass is 296 g/mol. The number of thiazole rings is 1. The van der Waals surface area contributed by atoms with Gasteiger partial charge in [-0.3, -0.25) is 5.32 Å². The minimum Gasteiger partial charge on any atom is -0.468 e. The second-order valence-corrected chi connectivity index (χ2v) is 7.29. The fraction of sp³-hybridized carbons (Fsp3) is 0.733. The molecule has 0 bridgehead atoms. The molecule has 0 spiro atoms. The number of ether oxygens (including phenoxy) is 1. The molecule has 112 valence electrons. The summed E-state index contributed by atoms with van der Waals surface area (Å²) in [6.45, 7) is 6.40. The Hall–Kier alpha value is -0.940. The molecule has 20 heavy (non-hydrogen) atoms. The van der Waals surface area contributed by atoms with E-state index in [0.717, 1.165) is 23.5 Å². The zero-order valence-corrected chi connectivity index (χ0v) is 13.5. The van der Waals surface area contributed by atoms with Gasteiger partial charge in [-0.25, -0.2) is 9.78 Å². The van der Waals surface area contributed by atoms with Crippen LogP contribution in [0.5, 0.6) is 0 Å². The van der Waals surface area contributed by atoms with E-state index in [1.54, 1.807) is 11.3 Å². The van der Waals surface area contributed by atoms with Gasteiger partial charge in [-0.1, -0.05) is 33.6 Å². The number of hydrogen-bond acceptors (Lipinski definition) is 5. The number of aromatic nitrogens is 1. The third-order valence-electron chi connectivity index (χ3n) is 3.65. The van der Waals surface area contributed by atoms with Crippen molar-refractivity contribution >= 4 is 17.3 Å². The van der Waals surface area contributed by atoms with Gasteiger partial charge in [0, 0.05) is 16.8 Å². The molecule has 0 saturated heterocycles. The molecule has 1 aromatic rings. The molecule has 1 aliphatic rings. The Balaban J connectivity index is 2.17. The van der Waals surface area contributed by atoms with Crippen molar-refractivity contribution in [2.45, 2.75) is 64.0 Å². The predicted molar refractivity (Wildman–Crippen MR) is 81.0 cm³/mol. The first-order chi connectivity index (χ1) is 9.41. The number of carbonyl (C=O) groups is 1. The highest BCUT2D eigenvalue weighted by Gasteiger charge is 2.29. The lowest BCUT2D eigenvalue weighted by Crippen LogP contribution is -2.36. The van der Waals surface area contributed by atoms with Crippen molar-refractivity contribution in [2.75, 3.05) is 7.11 Å². The highest BCUT2D eigenvalue weighted by atomic mass is 32.1. The van der Waals surface area contributed by atoms with Crippen LogP contribution in [0, 0.1) is 0 Å². The molecule has 1 N–H and O–H groups in total. The van der Waals surface area contributed by atoms with Crippen LogP contribution in [0.15, 0.2) is 5.38 Å². The van der Waals surface area contributed by atoms with Crippen molar-refractivity contribution in [3.8, 4) is 0 Å². The SMILES string of the molecule is COC(=O)C(NC1CCCC1)c1csc(C(C)(C)C)n1. The van der Waals surface area contributed by atoms with Crippen LogP contribution in [0.4, 0.5) is 0 Å². The van der Waals surface area contributed by atoms with Gasteiger partial charge in [0.25, 0.3) is 0 Å². The number of methoxy groups -OCH3 is 1. The molecule has 5 heteroatoms. The summed E-state index contributed by atoms with van der Waals surface area (Å²) in [6.07, 6.45) is 4.72. The molecule has 0 aliphatic heterocycles. The number of carbonyl (C=O) groups excluding carboxylic acids is 1. The zero-order chi connectivity index (χ0) is 14.8. The summed E-state index contributed by atoms with van der Waals surface area (Å²) in [6, 6.07) is -0.0330. The fourth-order valence-electron chi connectivity index (χ4n) is 2.48. The van der Waals surface area contributed by atoms with Crippen molar-refractivity contribution in [3.63, 3.8) is 0 Å². The largest absolute Gasteiger partial charge is 0.468 e. The minimum absolute atomic E-state index is 0.0109. The summed E-state index contributed by atoms with van der Waals surface area (Å²) in [4.78, 5) is 16.7. The molecular formula is C15H24N2O2S. The maximum Gasteiger partial charge on any atom is 0.329 e. The average Bonchev–Trinajstić information content (AvgIpc) is 3.05. The molecule has 1 fully saturated rings. The van der Waals surface area contributed by atoms with Gasteiger partial charge in [-0.2, -0.15) is 0 Å². The van der Waals surface area contributed by atoms with Crippen molar-refractivity contribution in [2.24, 2.45) is 0 Å². The first-order valence-electron chi connectivity index (χ1n) is 7.21. The highest BCUT2D eigenvalue weighted by molar-refractivity contribution is 7.09.